The summed E-state index contributed by atoms with van der Waals surface area (Å²) in [5, 5.41) is 9.23. The summed E-state index contributed by atoms with van der Waals surface area (Å²) in [6, 6.07) is 7.60. The Bertz CT molecular complexity index is 310. The zero-order valence-corrected chi connectivity index (χ0v) is 8.18. The van der Waals surface area contributed by atoms with Crippen LogP contribution in [0.3, 0.4) is 0 Å². The molecule has 76 valence electrons. The van der Waals surface area contributed by atoms with Crippen molar-refractivity contribution >= 4 is 6.08 Å². The second-order valence-electron chi connectivity index (χ2n) is 2.90. The van der Waals surface area contributed by atoms with Crippen LogP contribution in [0.4, 0.5) is 0 Å². The third-order valence-electron chi connectivity index (χ3n) is 1.88. The Morgan fingerprint density at radius 3 is 2.86 bits per heavy atom. The van der Waals surface area contributed by atoms with Crippen LogP contribution in [0.15, 0.2) is 30.3 Å². The van der Waals surface area contributed by atoms with Crippen LogP contribution in [0.1, 0.15) is 5.56 Å². The fourth-order valence-corrected chi connectivity index (χ4v) is 1.10. The SMILES string of the molecule is COc1ccccc1/C=C/C(O)CN. The van der Waals surface area contributed by atoms with Crippen LogP contribution < -0.4 is 10.5 Å². The minimum Gasteiger partial charge on any atom is -0.496 e. The van der Waals surface area contributed by atoms with Crippen molar-refractivity contribution in [1.82, 2.24) is 0 Å². The minimum atomic E-state index is -0.597. The van der Waals surface area contributed by atoms with Gasteiger partial charge in [-0.05, 0) is 6.07 Å². The largest absolute Gasteiger partial charge is 0.496 e. The normalized spacial score (nSPS) is 13.1. The van der Waals surface area contributed by atoms with Gasteiger partial charge in [-0.2, -0.15) is 0 Å². The second kappa shape index (κ2) is 5.42. The predicted octanol–water partition coefficient (Wildman–Crippen LogP) is 1.03. The molecular weight excluding hydrogens is 178 g/mol. The average Bonchev–Trinajstić information content (AvgIpc) is 2.26. The van der Waals surface area contributed by atoms with Gasteiger partial charge in [0.1, 0.15) is 5.75 Å². The van der Waals surface area contributed by atoms with Gasteiger partial charge >= 0.3 is 0 Å². The molecule has 0 aliphatic carbocycles. The van der Waals surface area contributed by atoms with Crippen molar-refractivity contribution in [3.63, 3.8) is 0 Å². The number of aliphatic hydroxyl groups excluding tert-OH is 1. The lowest BCUT2D eigenvalue weighted by Gasteiger charge is -2.04. The highest BCUT2D eigenvalue weighted by molar-refractivity contribution is 5.57. The maximum Gasteiger partial charge on any atom is 0.126 e. The van der Waals surface area contributed by atoms with E-state index in [1.165, 1.54) is 0 Å². The molecule has 0 amide bonds. The quantitative estimate of drug-likeness (QED) is 0.750. The number of para-hydroxylation sites is 1. The lowest BCUT2D eigenvalue weighted by molar-refractivity contribution is 0.232. The van der Waals surface area contributed by atoms with Crippen LogP contribution in [0.2, 0.25) is 0 Å². The summed E-state index contributed by atoms with van der Waals surface area (Å²) in [5.74, 6) is 0.785. The first-order chi connectivity index (χ1) is 6.77. The summed E-state index contributed by atoms with van der Waals surface area (Å²) in [6.07, 6.45) is 2.86. The van der Waals surface area contributed by atoms with E-state index in [1.54, 1.807) is 19.3 Å². The molecule has 0 heterocycles. The Morgan fingerprint density at radius 1 is 1.50 bits per heavy atom. The first-order valence-electron chi connectivity index (χ1n) is 4.47. The van der Waals surface area contributed by atoms with Crippen molar-refractivity contribution in [2.45, 2.75) is 6.10 Å². The van der Waals surface area contributed by atoms with Crippen molar-refractivity contribution in [2.24, 2.45) is 5.73 Å². The molecule has 0 radical (unpaired) electrons. The molecule has 1 atom stereocenters. The van der Waals surface area contributed by atoms with Gasteiger partial charge in [0.25, 0.3) is 0 Å². The molecule has 14 heavy (non-hydrogen) atoms. The minimum absolute atomic E-state index is 0.228. The van der Waals surface area contributed by atoms with E-state index in [9.17, 15) is 5.11 Å². The zero-order valence-electron chi connectivity index (χ0n) is 8.18. The number of hydrogen-bond donors (Lipinski definition) is 2. The highest BCUT2D eigenvalue weighted by Crippen LogP contribution is 2.18. The number of aliphatic hydroxyl groups is 1. The monoisotopic (exact) mass is 193 g/mol. The molecule has 0 aliphatic rings. The fourth-order valence-electron chi connectivity index (χ4n) is 1.10. The molecule has 1 rings (SSSR count). The lowest BCUT2D eigenvalue weighted by Crippen LogP contribution is -2.16. The van der Waals surface area contributed by atoms with Crippen molar-refractivity contribution in [2.75, 3.05) is 13.7 Å². The van der Waals surface area contributed by atoms with E-state index in [0.29, 0.717) is 0 Å². The number of methoxy groups -OCH3 is 1. The molecule has 0 aromatic heterocycles. The van der Waals surface area contributed by atoms with E-state index in [1.807, 2.05) is 24.3 Å². The molecule has 3 N–H and O–H groups in total. The Hall–Kier alpha value is -1.32. The lowest BCUT2D eigenvalue weighted by atomic mass is 10.1. The van der Waals surface area contributed by atoms with Crippen LogP contribution in [0, 0.1) is 0 Å². The number of benzene rings is 1. The molecular formula is C11H15NO2. The van der Waals surface area contributed by atoms with E-state index in [-0.39, 0.29) is 6.54 Å². The van der Waals surface area contributed by atoms with Crippen LogP contribution >= 0.6 is 0 Å². The summed E-state index contributed by atoms with van der Waals surface area (Å²) < 4.78 is 5.15. The van der Waals surface area contributed by atoms with Gasteiger partial charge < -0.3 is 15.6 Å². The third-order valence-corrected chi connectivity index (χ3v) is 1.88. The summed E-state index contributed by atoms with van der Waals surface area (Å²) >= 11 is 0. The van der Waals surface area contributed by atoms with Gasteiger partial charge in [0.15, 0.2) is 0 Å². The zero-order chi connectivity index (χ0) is 10.4. The molecule has 0 fully saturated rings. The maximum absolute atomic E-state index is 9.23. The first kappa shape index (κ1) is 10.8. The first-order valence-corrected chi connectivity index (χ1v) is 4.47. The topological polar surface area (TPSA) is 55.5 Å². The molecule has 1 unspecified atom stereocenters. The summed E-state index contributed by atoms with van der Waals surface area (Å²) in [6.45, 7) is 0.228. The summed E-state index contributed by atoms with van der Waals surface area (Å²) in [7, 11) is 1.62. The van der Waals surface area contributed by atoms with Gasteiger partial charge in [-0.3, -0.25) is 0 Å². The Balaban J connectivity index is 2.80. The molecule has 3 heteroatoms. The smallest absolute Gasteiger partial charge is 0.126 e. The van der Waals surface area contributed by atoms with Crippen LogP contribution in [-0.4, -0.2) is 24.9 Å². The van der Waals surface area contributed by atoms with Gasteiger partial charge in [0.2, 0.25) is 0 Å². The molecule has 0 saturated carbocycles. The van der Waals surface area contributed by atoms with E-state index in [0.717, 1.165) is 11.3 Å². The number of ether oxygens (including phenoxy) is 1. The molecule has 0 spiro atoms. The molecule has 1 aromatic rings. The van der Waals surface area contributed by atoms with Crippen molar-refractivity contribution in [1.29, 1.82) is 0 Å². The van der Waals surface area contributed by atoms with Gasteiger partial charge in [-0.25, -0.2) is 0 Å². The number of hydrogen-bond acceptors (Lipinski definition) is 3. The average molecular weight is 193 g/mol. The fraction of sp³-hybridized carbons (Fsp3) is 0.273. The van der Waals surface area contributed by atoms with Gasteiger partial charge in [0.05, 0.1) is 13.2 Å². The predicted molar refractivity (Wildman–Crippen MR) is 57.1 cm³/mol. The molecule has 0 bridgehead atoms. The Morgan fingerprint density at radius 2 is 2.21 bits per heavy atom. The van der Waals surface area contributed by atoms with E-state index in [2.05, 4.69) is 0 Å². The van der Waals surface area contributed by atoms with E-state index >= 15 is 0 Å². The Kier molecular flexibility index (Phi) is 4.16. The van der Waals surface area contributed by atoms with Crippen molar-refractivity contribution in [3.8, 4) is 5.75 Å². The van der Waals surface area contributed by atoms with E-state index in [4.69, 9.17) is 10.5 Å². The van der Waals surface area contributed by atoms with Gasteiger partial charge in [0, 0.05) is 12.1 Å². The number of nitrogens with two attached hydrogens (primary N) is 1. The maximum atomic E-state index is 9.23. The van der Waals surface area contributed by atoms with Gasteiger partial charge in [-0.1, -0.05) is 30.4 Å². The Labute approximate surface area is 83.8 Å². The second-order valence-corrected chi connectivity index (χ2v) is 2.90. The molecule has 1 aromatic carbocycles. The molecule has 0 aliphatic heterocycles. The van der Waals surface area contributed by atoms with Crippen molar-refractivity contribution < 1.29 is 9.84 Å². The standard InChI is InChI=1S/C11H15NO2/c1-14-11-5-3-2-4-9(11)6-7-10(13)8-12/h2-7,10,13H,8,12H2,1H3/b7-6+. The van der Waals surface area contributed by atoms with Crippen LogP contribution in [-0.2, 0) is 0 Å². The molecule has 0 saturated heterocycles. The van der Waals surface area contributed by atoms with Crippen molar-refractivity contribution in [3.05, 3.63) is 35.9 Å². The highest BCUT2D eigenvalue weighted by Gasteiger charge is 1.98. The van der Waals surface area contributed by atoms with Crippen LogP contribution in [0.5, 0.6) is 5.75 Å². The van der Waals surface area contributed by atoms with E-state index < -0.39 is 6.10 Å². The summed E-state index contributed by atoms with van der Waals surface area (Å²) in [4.78, 5) is 0. The third kappa shape index (κ3) is 2.87. The number of rotatable bonds is 4. The highest BCUT2D eigenvalue weighted by atomic mass is 16.5. The van der Waals surface area contributed by atoms with Gasteiger partial charge in [-0.15, -0.1) is 0 Å². The summed E-state index contributed by atoms with van der Waals surface area (Å²) in [5.41, 5.74) is 6.21. The van der Waals surface area contributed by atoms with Crippen LogP contribution in [0.25, 0.3) is 6.08 Å². The molecule has 3 nitrogen and oxygen atoms in total.